The summed E-state index contributed by atoms with van der Waals surface area (Å²) < 4.78 is 18.5. The van der Waals surface area contributed by atoms with Crippen molar-refractivity contribution in [2.75, 3.05) is 5.73 Å². The van der Waals surface area contributed by atoms with Crippen LogP contribution in [0.1, 0.15) is 40.0 Å². The van der Waals surface area contributed by atoms with E-state index in [9.17, 15) is 4.79 Å². The Hall–Kier alpha value is -4.49. The quantitative estimate of drug-likeness (QED) is 0.355. The molecule has 190 valence electrons. The third kappa shape index (κ3) is 4.31. The van der Waals surface area contributed by atoms with Gasteiger partial charge in [-0.05, 0) is 31.0 Å². The van der Waals surface area contributed by atoms with Crippen molar-refractivity contribution in [3.63, 3.8) is 0 Å². The first kappa shape index (κ1) is 23.9. The van der Waals surface area contributed by atoms with Crippen molar-refractivity contribution in [3.05, 3.63) is 76.2 Å². The number of hydrogen-bond acceptors (Lipinski definition) is 6. The highest BCUT2D eigenvalue weighted by atomic mass is 35.5. The second-order valence-corrected chi connectivity index (χ2v) is 9.69. The number of halogens is 2. The van der Waals surface area contributed by atoms with Gasteiger partial charge in [-0.1, -0.05) is 23.4 Å². The molecule has 4 aromatic heterocycles. The Kier molecular flexibility index (Phi) is 5.73. The first-order valence-corrected chi connectivity index (χ1v) is 12.3. The monoisotopic (exact) mass is 528 g/mol. The number of benzene rings is 1. The second-order valence-electron chi connectivity index (χ2n) is 9.34. The maximum atomic E-state index is 15.2. The Balaban J connectivity index is 1.29. The Morgan fingerprint density at radius 3 is 2.71 bits per heavy atom. The van der Waals surface area contributed by atoms with E-state index in [0.29, 0.717) is 43.8 Å². The van der Waals surface area contributed by atoms with Gasteiger partial charge in [-0.2, -0.15) is 10.2 Å². The number of fused-ring (bicyclic) bond motifs is 3. The van der Waals surface area contributed by atoms with E-state index >= 15 is 4.39 Å². The minimum Gasteiger partial charge on any atom is -0.383 e. The van der Waals surface area contributed by atoms with Gasteiger partial charge in [0.05, 0.1) is 46.0 Å². The van der Waals surface area contributed by atoms with Gasteiger partial charge in [0.25, 0.3) is 5.91 Å². The Morgan fingerprint density at radius 2 is 2.03 bits per heavy atom. The molecular formula is C27H22ClFN8O. The molecule has 0 atom stereocenters. The van der Waals surface area contributed by atoms with Crippen LogP contribution in [-0.2, 0) is 20.6 Å². The lowest BCUT2D eigenvalue weighted by atomic mass is 10.1. The number of aromatic nitrogens is 6. The van der Waals surface area contributed by atoms with Crippen molar-refractivity contribution in [2.24, 2.45) is 14.1 Å². The van der Waals surface area contributed by atoms with Crippen LogP contribution >= 0.6 is 11.6 Å². The normalized spacial score (nSPS) is 13.1. The minimum atomic E-state index is -0.644. The van der Waals surface area contributed by atoms with Gasteiger partial charge in [0.15, 0.2) is 5.15 Å². The molecule has 2 N–H and O–H groups in total. The number of aryl methyl sites for hydroxylation is 2. The summed E-state index contributed by atoms with van der Waals surface area (Å²) in [5, 5.41) is 9.93. The lowest BCUT2D eigenvalue weighted by Crippen LogP contribution is -2.33. The topological polar surface area (TPSA) is 108 Å². The van der Waals surface area contributed by atoms with E-state index in [1.54, 1.807) is 53.0 Å². The SMILES string of the molecule is Cn1cc(C#Cc2ccc(CN(C(=O)c3cc4c(cc3F)nc(N)c3cnn(C)c34)C3CC3)nc2)c(Cl)n1. The zero-order valence-electron chi connectivity index (χ0n) is 20.6. The van der Waals surface area contributed by atoms with Gasteiger partial charge in [-0.15, -0.1) is 0 Å². The summed E-state index contributed by atoms with van der Waals surface area (Å²) in [4.78, 5) is 24.1. The number of amides is 1. The van der Waals surface area contributed by atoms with E-state index in [2.05, 4.69) is 32.0 Å². The molecule has 4 heterocycles. The molecule has 38 heavy (non-hydrogen) atoms. The molecule has 0 bridgehead atoms. The predicted octanol–water partition coefficient (Wildman–Crippen LogP) is 3.83. The van der Waals surface area contributed by atoms with E-state index in [4.69, 9.17) is 17.3 Å². The highest BCUT2D eigenvalue weighted by Gasteiger charge is 2.34. The first-order valence-electron chi connectivity index (χ1n) is 12.0. The number of carbonyl (C=O) groups is 1. The van der Waals surface area contributed by atoms with Crippen LogP contribution in [0.15, 0.2) is 42.9 Å². The van der Waals surface area contributed by atoms with Crippen molar-refractivity contribution in [1.29, 1.82) is 0 Å². The molecule has 6 rings (SSSR count). The van der Waals surface area contributed by atoms with Gasteiger partial charge in [0.2, 0.25) is 0 Å². The van der Waals surface area contributed by atoms with E-state index in [0.717, 1.165) is 12.8 Å². The average molecular weight is 529 g/mol. The van der Waals surface area contributed by atoms with Crippen LogP contribution in [0.2, 0.25) is 5.15 Å². The van der Waals surface area contributed by atoms with Crippen molar-refractivity contribution >= 4 is 45.1 Å². The van der Waals surface area contributed by atoms with Crippen molar-refractivity contribution in [2.45, 2.75) is 25.4 Å². The lowest BCUT2D eigenvalue weighted by molar-refractivity contribution is 0.0723. The smallest absolute Gasteiger partial charge is 0.257 e. The fourth-order valence-corrected chi connectivity index (χ4v) is 4.72. The summed E-state index contributed by atoms with van der Waals surface area (Å²) in [6.07, 6.45) is 6.73. The molecule has 0 saturated heterocycles. The lowest BCUT2D eigenvalue weighted by Gasteiger charge is -2.22. The van der Waals surface area contributed by atoms with E-state index < -0.39 is 11.7 Å². The fraction of sp³-hybridized carbons (Fsp3) is 0.222. The third-order valence-corrected chi connectivity index (χ3v) is 6.84. The van der Waals surface area contributed by atoms with Crippen molar-refractivity contribution in [3.8, 4) is 11.8 Å². The summed E-state index contributed by atoms with van der Waals surface area (Å²) in [7, 11) is 3.55. The van der Waals surface area contributed by atoms with Gasteiger partial charge in [0, 0.05) is 49.5 Å². The largest absolute Gasteiger partial charge is 0.383 e. The van der Waals surface area contributed by atoms with Crippen LogP contribution in [0, 0.1) is 17.7 Å². The molecule has 1 aliphatic rings. The summed E-state index contributed by atoms with van der Waals surface area (Å²) >= 11 is 6.06. The van der Waals surface area contributed by atoms with Gasteiger partial charge in [-0.25, -0.2) is 9.37 Å². The molecule has 11 heteroatoms. The van der Waals surface area contributed by atoms with Crippen LogP contribution in [-0.4, -0.2) is 46.4 Å². The minimum absolute atomic E-state index is 0.0192. The van der Waals surface area contributed by atoms with Gasteiger partial charge in [-0.3, -0.25) is 19.1 Å². The van der Waals surface area contributed by atoms with Crippen LogP contribution < -0.4 is 5.73 Å². The fourth-order valence-electron chi connectivity index (χ4n) is 4.50. The van der Waals surface area contributed by atoms with Crippen molar-refractivity contribution in [1.82, 2.24) is 34.4 Å². The van der Waals surface area contributed by atoms with Crippen LogP contribution in [0.5, 0.6) is 0 Å². The summed E-state index contributed by atoms with van der Waals surface area (Å²) in [6, 6.07) is 6.50. The van der Waals surface area contributed by atoms with Gasteiger partial charge in [0.1, 0.15) is 11.6 Å². The maximum absolute atomic E-state index is 15.2. The molecular weight excluding hydrogens is 507 g/mol. The number of rotatable bonds is 4. The number of nitrogen functional groups attached to an aromatic ring is 1. The molecule has 1 aliphatic carbocycles. The molecule has 1 amide bonds. The number of nitrogens with zero attached hydrogens (tertiary/aromatic N) is 7. The molecule has 0 spiro atoms. The highest BCUT2D eigenvalue weighted by molar-refractivity contribution is 6.30. The molecule has 1 aromatic carbocycles. The van der Waals surface area contributed by atoms with Crippen LogP contribution in [0.4, 0.5) is 10.2 Å². The maximum Gasteiger partial charge on any atom is 0.257 e. The number of nitrogens with two attached hydrogens (primary N) is 1. The first-order chi connectivity index (χ1) is 18.3. The van der Waals surface area contributed by atoms with E-state index in [1.165, 1.54) is 6.07 Å². The molecule has 0 aliphatic heterocycles. The Bertz CT molecular complexity index is 1790. The molecule has 0 unspecified atom stereocenters. The summed E-state index contributed by atoms with van der Waals surface area (Å²) in [5.74, 6) is 5.24. The number of hydrogen-bond donors (Lipinski definition) is 1. The second kappa shape index (κ2) is 9.11. The molecule has 1 fully saturated rings. The zero-order chi connectivity index (χ0) is 26.6. The molecule has 9 nitrogen and oxygen atoms in total. The van der Waals surface area contributed by atoms with Gasteiger partial charge >= 0.3 is 0 Å². The Morgan fingerprint density at radius 1 is 1.21 bits per heavy atom. The number of carbonyl (C=O) groups excluding carboxylic acids is 1. The van der Waals surface area contributed by atoms with E-state index in [-0.39, 0.29) is 24.0 Å². The summed E-state index contributed by atoms with van der Waals surface area (Å²) in [6.45, 7) is 0.254. The molecule has 0 radical (unpaired) electrons. The van der Waals surface area contributed by atoms with E-state index in [1.807, 2.05) is 12.1 Å². The zero-order valence-corrected chi connectivity index (χ0v) is 21.4. The third-order valence-electron chi connectivity index (χ3n) is 6.56. The molecule has 1 saturated carbocycles. The van der Waals surface area contributed by atoms with Crippen molar-refractivity contribution < 1.29 is 9.18 Å². The van der Waals surface area contributed by atoms with Crippen LogP contribution in [0.3, 0.4) is 0 Å². The Labute approximate surface area is 222 Å². The average Bonchev–Trinajstić information content (AvgIpc) is 3.58. The number of anilines is 1. The van der Waals surface area contributed by atoms with Gasteiger partial charge < -0.3 is 10.6 Å². The van der Waals surface area contributed by atoms with Crippen LogP contribution in [0.25, 0.3) is 21.8 Å². The molecule has 5 aromatic rings. The highest BCUT2D eigenvalue weighted by Crippen LogP contribution is 2.33. The standard InChI is InChI=1S/C27H22ClFN8O/c1-35-13-16(25(28)34-35)5-3-15-4-6-17(31-11-15)14-37(18-7-8-18)27(38)19-9-20-23(10-22(19)29)33-26(30)21-12-32-36(2)24(20)21/h4,6,9-13,18H,7-8,14H2,1-2H3,(H2,30,33). The predicted molar refractivity (Wildman–Crippen MR) is 142 cm³/mol. The summed E-state index contributed by atoms with van der Waals surface area (Å²) in [5.41, 5.74) is 9.10. The number of pyridine rings is 2.